The molecule has 0 radical (unpaired) electrons. The number of hydrogen-bond acceptors (Lipinski definition) is 6. The van der Waals surface area contributed by atoms with Gasteiger partial charge in [0.25, 0.3) is 5.56 Å². The molecular formula is C25H23N3O4S. The number of fused-ring (bicyclic) bond motifs is 2. The number of hydrogen-bond donors (Lipinski definition) is 0. The lowest BCUT2D eigenvalue weighted by Crippen LogP contribution is -2.43. The van der Waals surface area contributed by atoms with Gasteiger partial charge in [-0.25, -0.2) is 4.98 Å². The molecule has 0 spiro atoms. The van der Waals surface area contributed by atoms with E-state index in [1.807, 2.05) is 61.5 Å². The van der Waals surface area contributed by atoms with Crippen LogP contribution in [0.5, 0.6) is 11.5 Å². The lowest BCUT2D eigenvalue weighted by atomic mass is 10.0. The smallest absolute Gasteiger partial charge is 0.263 e. The van der Waals surface area contributed by atoms with E-state index in [2.05, 4.69) is 4.98 Å². The predicted octanol–water partition coefficient (Wildman–Crippen LogP) is 3.73. The molecule has 1 amide bonds. The van der Waals surface area contributed by atoms with Gasteiger partial charge in [-0.2, -0.15) is 0 Å². The summed E-state index contributed by atoms with van der Waals surface area (Å²) in [7, 11) is 1.70. The van der Waals surface area contributed by atoms with Crippen LogP contribution in [0.3, 0.4) is 0 Å². The number of nitrogens with zero attached hydrogens (tertiary/aromatic N) is 3. The number of amides is 1. The molecule has 7 nitrogen and oxygen atoms in total. The van der Waals surface area contributed by atoms with Gasteiger partial charge in [-0.15, -0.1) is 11.3 Å². The molecule has 0 N–H and O–H groups in total. The molecule has 1 unspecified atom stereocenters. The second-order valence-corrected chi connectivity index (χ2v) is 9.23. The molecule has 2 aromatic heterocycles. The van der Waals surface area contributed by atoms with Gasteiger partial charge in [0.1, 0.15) is 18.0 Å². The summed E-state index contributed by atoms with van der Waals surface area (Å²) in [5.41, 5.74) is 1.64. The Morgan fingerprint density at radius 2 is 1.88 bits per heavy atom. The van der Waals surface area contributed by atoms with Crippen LogP contribution >= 0.6 is 11.3 Å². The van der Waals surface area contributed by atoms with Crippen molar-refractivity contribution in [2.24, 2.45) is 0 Å². The van der Waals surface area contributed by atoms with Gasteiger partial charge in [-0.05, 0) is 24.6 Å². The van der Waals surface area contributed by atoms with Crippen molar-refractivity contribution in [3.63, 3.8) is 0 Å². The lowest BCUT2D eigenvalue weighted by molar-refractivity contribution is -0.132. The molecule has 33 heavy (non-hydrogen) atoms. The Bertz CT molecular complexity index is 1380. The molecule has 0 saturated heterocycles. The molecule has 0 bridgehead atoms. The SMILES string of the molecule is Cc1sc2ncn(CC(=O)N(C)CC3COc4ccccc4O3)c(=O)c2c1-c1ccccc1. The molecule has 1 aliphatic heterocycles. The first-order chi connectivity index (χ1) is 16.0. The molecule has 4 aromatic rings. The van der Waals surface area contributed by atoms with Gasteiger partial charge >= 0.3 is 0 Å². The standard InChI is InChI=1S/C25H23N3O4S/c1-16-22(17-8-4-3-5-9-17)23-24(33-16)26-15-28(25(23)30)13-21(29)27(2)12-18-14-31-19-10-6-7-11-20(19)32-18/h3-11,15,18H,12-14H2,1-2H3. The number of rotatable bonds is 5. The number of thiophene rings is 1. The van der Waals surface area contributed by atoms with Gasteiger partial charge in [-0.3, -0.25) is 14.2 Å². The maximum Gasteiger partial charge on any atom is 0.263 e. The summed E-state index contributed by atoms with van der Waals surface area (Å²) in [6.45, 7) is 2.61. The first-order valence-corrected chi connectivity index (χ1v) is 11.5. The van der Waals surface area contributed by atoms with E-state index in [0.29, 0.717) is 34.9 Å². The first-order valence-electron chi connectivity index (χ1n) is 10.7. The van der Waals surface area contributed by atoms with Crippen molar-refractivity contribution in [3.8, 4) is 22.6 Å². The third-order valence-electron chi connectivity index (χ3n) is 5.69. The maximum absolute atomic E-state index is 13.3. The Labute approximate surface area is 194 Å². The Hall–Kier alpha value is -3.65. The summed E-state index contributed by atoms with van der Waals surface area (Å²) in [6.07, 6.45) is 1.17. The average molecular weight is 462 g/mol. The minimum absolute atomic E-state index is 0.0917. The average Bonchev–Trinajstić information content (AvgIpc) is 3.18. The van der Waals surface area contributed by atoms with E-state index in [4.69, 9.17) is 9.47 Å². The molecule has 3 heterocycles. The van der Waals surface area contributed by atoms with Gasteiger partial charge in [0.2, 0.25) is 5.91 Å². The van der Waals surface area contributed by atoms with Crippen LogP contribution in [0.15, 0.2) is 65.7 Å². The maximum atomic E-state index is 13.3. The minimum atomic E-state index is -0.282. The summed E-state index contributed by atoms with van der Waals surface area (Å²) in [5, 5.41) is 0.558. The fourth-order valence-electron chi connectivity index (χ4n) is 4.03. The molecule has 2 aromatic carbocycles. The highest BCUT2D eigenvalue weighted by Gasteiger charge is 2.24. The minimum Gasteiger partial charge on any atom is -0.486 e. The van der Waals surface area contributed by atoms with Gasteiger partial charge in [-0.1, -0.05) is 42.5 Å². The van der Waals surface area contributed by atoms with Crippen molar-refractivity contribution in [2.45, 2.75) is 19.6 Å². The van der Waals surface area contributed by atoms with E-state index in [9.17, 15) is 9.59 Å². The molecule has 0 saturated carbocycles. The topological polar surface area (TPSA) is 73.7 Å². The zero-order valence-electron chi connectivity index (χ0n) is 18.4. The molecule has 1 aliphatic rings. The second-order valence-electron chi connectivity index (χ2n) is 8.03. The Kier molecular flexibility index (Phi) is 5.60. The highest BCUT2D eigenvalue weighted by Crippen LogP contribution is 2.35. The number of para-hydroxylation sites is 2. The second kappa shape index (κ2) is 8.71. The van der Waals surface area contributed by atoms with Crippen molar-refractivity contribution >= 4 is 27.5 Å². The van der Waals surface area contributed by atoms with Crippen molar-refractivity contribution in [1.82, 2.24) is 14.5 Å². The van der Waals surface area contributed by atoms with Crippen LogP contribution in [-0.2, 0) is 11.3 Å². The van der Waals surface area contributed by atoms with Crippen LogP contribution in [0.2, 0.25) is 0 Å². The number of benzene rings is 2. The van der Waals surface area contributed by atoms with Crippen molar-refractivity contribution in [2.75, 3.05) is 20.2 Å². The summed E-state index contributed by atoms with van der Waals surface area (Å²) >= 11 is 1.49. The molecule has 168 valence electrons. The van der Waals surface area contributed by atoms with Crippen LogP contribution in [-0.4, -0.2) is 46.7 Å². The number of likely N-dealkylation sites (N-methyl/N-ethyl adjacent to an activating group) is 1. The van der Waals surface area contributed by atoms with E-state index < -0.39 is 0 Å². The zero-order valence-corrected chi connectivity index (χ0v) is 19.2. The van der Waals surface area contributed by atoms with Crippen LogP contribution in [0.25, 0.3) is 21.3 Å². The van der Waals surface area contributed by atoms with E-state index in [1.165, 1.54) is 22.2 Å². The van der Waals surface area contributed by atoms with E-state index in [0.717, 1.165) is 16.0 Å². The van der Waals surface area contributed by atoms with Crippen molar-refractivity contribution < 1.29 is 14.3 Å². The number of aromatic nitrogens is 2. The molecular weight excluding hydrogens is 438 g/mol. The van der Waals surface area contributed by atoms with Crippen molar-refractivity contribution in [3.05, 3.63) is 76.2 Å². The number of aryl methyl sites for hydroxylation is 1. The highest BCUT2D eigenvalue weighted by atomic mass is 32.1. The van der Waals surface area contributed by atoms with Gasteiger partial charge in [0.05, 0.1) is 18.3 Å². The van der Waals surface area contributed by atoms with E-state index in [-0.39, 0.29) is 24.1 Å². The molecule has 0 aliphatic carbocycles. The summed E-state index contributed by atoms with van der Waals surface area (Å²) < 4.78 is 13.1. The van der Waals surface area contributed by atoms with Crippen LogP contribution in [0.4, 0.5) is 0 Å². The first kappa shape index (κ1) is 21.2. The van der Waals surface area contributed by atoms with Crippen molar-refractivity contribution in [1.29, 1.82) is 0 Å². The van der Waals surface area contributed by atoms with Crippen LogP contribution in [0.1, 0.15) is 4.88 Å². The fourth-order valence-corrected chi connectivity index (χ4v) is 5.03. The third-order valence-corrected chi connectivity index (χ3v) is 6.71. The molecule has 8 heteroatoms. The Balaban J connectivity index is 1.35. The number of ether oxygens (including phenoxy) is 2. The molecule has 5 rings (SSSR count). The fraction of sp³-hybridized carbons (Fsp3) is 0.240. The van der Waals surface area contributed by atoms with Crippen LogP contribution in [0, 0.1) is 6.92 Å². The summed E-state index contributed by atoms with van der Waals surface area (Å²) in [5.74, 6) is 1.17. The molecule has 0 fully saturated rings. The van der Waals surface area contributed by atoms with Crippen LogP contribution < -0.4 is 15.0 Å². The largest absolute Gasteiger partial charge is 0.486 e. The molecule has 1 atom stereocenters. The quantitative estimate of drug-likeness (QED) is 0.453. The normalized spacial score (nSPS) is 14.9. The monoisotopic (exact) mass is 461 g/mol. The lowest BCUT2D eigenvalue weighted by Gasteiger charge is -2.29. The van der Waals surface area contributed by atoms with E-state index in [1.54, 1.807) is 11.9 Å². The predicted molar refractivity (Wildman–Crippen MR) is 128 cm³/mol. The van der Waals surface area contributed by atoms with E-state index >= 15 is 0 Å². The van der Waals surface area contributed by atoms with Gasteiger partial charge in [0.15, 0.2) is 17.6 Å². The zero-order chi connectivity index (χ0) is 22.9. The van der Waals surface area contributed by atoms with Gasteiger partial charge < -0.3 is 14.4 Å². The number of carbonyl (C=O) groups is 1. The third kappa shape index (κ3) is 4.09. The number of carbonyl (C=O) groups excluding carboxylic acids is 1. The van der Waals surface area contributed by atoms with Gasteiger partial charge in [0, 0.05) is 17.5 Å². The Morgan fingerprint density at radius 1 is 1.15 bits per heavy atom. The summed E-state index contributed by atoms with van der Waals surface area (Å²) in [6, 6.07) is 17.3. The Morgan fingerprint density at radius 3 is 2.67 bits per heavy atom. The summed E-state index contributed by atoms with van der Waals surface area (Å²) in [4.78, 5) is 34.0. The highest BCUT2D eigenvalue weighted by molar-refractivity contribution is 7.19.